The average molecular weight is 300 g/mol. The van der Waals surface area contributed by atoms with Crippen molar-refractivity contribution in [2.24, 2.45) is 5.92 Å². The van der Waals surface area contributed by atoms with Crippen LogP contribution in [0.5, 0.6) is 0 Å². The van der Waals surface area contributed by atoms with Crippen molar-refractivity contribution >= 4 is 12.0 Å². The van der Waals surface area contributed by atoms with Gasteiger partial charge in [0.1, 0.15) is 11.6 Å². The predicted molar refractivity (Wildman–Crippen MR) is 80.0 cm³/mol. The number of nitrogens with one attached hydrogen (secondary N) is 1. The molecule has 0 aromatic heterocycles. The number of rotatable bonds is 3. The maximum Gasteiger partial charge on any atom is 0.408 e. The number of alkyl carbamates (subject to hydrolysis) is 1. The second-order valence-electron chi connectivity index (χ2n) is 6.82. The van der Waals surface area contributed by atoms with Gasteiger partial charge in [-0.2, -0.15) is 0 Å². The summed E-state index contributed by atoms with van der Waals surface area (Å²) in [5.41, 5.74) is -0.582. The van der Waals surface area contributed by atoms with Crippen molar-refractivity contribution in [1.82, 2.24) is 10.2 Å². The molecule has 0 saturated carbocycles. The summed E-state index contributed by atoms with van der Waals surface area (Å²) in [6.45, 7) is 12.8. The molecule has 6 heteroatoms. The minimum Gasteiger partial charge on any atom is -0.444 e. The molecule has 0 aromatic carbocycles. The Labute approximate surface area is 127 Å². The van der Waals surface area contributed by atoms with E-state index in [0.717, 1.165) is 0 Å². The summed E-state index contributed by atoms with van der Waals surface area (Å²) in [5.74, 6) is -0.0910. The van der Waals surface area contributed by atoms with Gasteiger partial charge in [-0.3, -0.25) is 4.79 Å². The molecular weight excluding hydrogens is 272 g/mol. The van der Waals surface area contributed by atoms with Gasteiger partial charge in [-0.1, -0.05) is 13.8 Å². The molecule has 1 N–H and O–H groups in total. The highest BCUT2D eigenvalue weighted by atomic mass is 16.6. The molecule has 1 aliphatic heterocycles. The number of nitrogens with zero attached hydrogens (tertiary/aromatic N) is 1. The highest BCUT2D eigenvalue weighted by Crippen LogP contribution is 2.14. The van der Waals surface area contributed by atoms with Crippen molar-refractivity contribution in [2.75, 3.05) is 19.8 Å². The smallest absolute Gasteiger partial charge is 0.408 e. The van der Waals surface area contributed by atoms with Crippen LogP contribution in [0.15, 0.2) is 0 Å². The number of carbonyl (C=O) groups is 2. The van der Waals surface area contributed by atoms with E-state index < -0.39 is 17.7 Å². The third kappa shape index (κ3) is 5.53. The second-order valence-corrected chi connectivity index (χ2v) is 6.82. The van der Waals surface area contributed by atoms with Crippen molar-refractivity contribution in [3.8, 4) is 0 Å². The molecule has 2 atom stereocenters. The first-order valence-corrected chi connectivity index (χ1v) is 7.49. The summed E-state index contributed by atoms with van der Waals surface area (Å²) in [6, 6.07) is -0.562. The Morgan fingerprint density at radius 2 is 1.95 bits per heavy atom. The summed E-state index contributed by atoms with van der Waals surface area (Å²) >= 11 is 0. The van der Waals surface area contributed by atoms with Crippen molar-refractivity contribution in [1.29, 1.82) is 0 Å². The lowest BCUT2D eigenvalue weighted by Gasteiger charge is -2.37. The molecule has 21 heavy (non-hydrogen) atoms. The number of hydrogen-bond donors (Lipinski definition) is 1. The van der Waals surface area contributed by atoms with Crippen LogP contribution in [-0.4, -0.2) is 54.3 Å². The molecule has 0 bridgehead atoms. The maximum atomic E-state index is 12.7. The zero-order valence-corrected chi connectivity index (χ0v) is 13.9. The van der Waals surface area contributed by atoms with Crippen LogP contribution in [0.25, 0.3) is 0 Å². The Kier molecular flexibility index (Phi) is 6.01. The quantitative estimate of drug-likeness (QED) is 0.862. The third-order valence-corrected chi connectivity index (χ3v) is 3.26. The van der Waals surface area contributed by atoms with Crippen LogP contribution in [0.3, 0.4) is 0 Å². The highest BCUT2D eigenvalue weighted by Gasteiger charge is 2.33. The Bertz CT molecular complexity index is 376. The average Bonchev–Trinajstić information content (AvgIpc) is 2.33. The first kappa shape index (κ1) is 17.8. The van der Waals surface area contributed by atoms with Crippen LogP contribution >= 0.6 is 0 Å². The fourth-order valence-electron chi connectivity index (χ4n) is 2.18. The van der Waals surface area contributed by atoms with Crippen molar-refractivity contribution < 1.29 is 19.1 Å². The molecule has 0 aliphatic carbocycles. The number of amides is 2. The van der Waals surface area contributed by atoms with Crippen LogP contribution in [0.1, 0.15) is 41.5 Å². The van der Waals surface area contributed by atoms with Crippen LogP contribution in [-0.2, 0) is 14.3 Å². The van der Waals surface area contributed by atoms with Crippen molar-refractivity contribution in [3.63, 3.8) is 0 Å². The monoisotopic (exact) mass is 300 g/mol. The molecule has 0 aromatic rings. The van der Waals surface area contributed by atoms with Gasteiger partial charge in [0.15, 0.2) is 0 Å². The Morgan fingerprint density at radius 1 is 1.33 bits per heavy atom. The lowest BCUT2D eigenvalue weighted by molar-refractivity contribution is -0.142. The molecule has 1 saturated heterocycles. The molecule has 1 heterocycles. The Balaban J connectivity index is 2.72. The van der Waals surface area contributed by atoms with E-state index in [0.29, 0.717) is 19.8 Å². The standard InChI is InChI=1S/C15H28N2O4/c1-10(2)12(16-14(19)21-15(4,5)6)13(18)17-7-8-20-9-11(17)3/h10-12H,7-9H2,1-6H3,(H,16,19). The van der Waals surface area contributed by atoms with E-state index in [1.54, 1.807) is 25.7 Å². The topological polar surface area (TPSA) is 67.9 Å². The minimum atomic E-state index is -0.583. The van der Waals surface area contributed by atoms with E-state index in [2.05, 4.69) is 5.32 Å². The second kappa shape index (κ2) is 7.11. The highest BCUT2D eigenvalue weighted by molar-refractivity contribution is 5.86. The molecule has 1 aliphatic rings. The van der Waals surface area contributed by atoms with Crippen molar-refractivity contribution in [2.45, 2.75) is 59.2 Å². The van der Waals surface area contributed by atoms with Gasteiger partial charge in [-0.15, -0.1) is 0 Å². The minimum absolute atomic E-state index is 0.0138. The summed E-state index contributed by atoms with van der Waals surface area (Å²) in [6.07, 6.45) is -0.560. The molecule has 2 unspecified atom stereocenters. The molecule has 1 rings (SSSR count). The first-order valence-electron chi connectivity index (χ1n) is 7.49. The molecule has 0 spiro atoms. The molecule has 1 fully saturated rings. The fraction of sp³-hybridized carbons (Fsp3) is 0.867. The number of hydrogen-bond acceptors (Lipinski definition) is 4. The number of ether oxygens (including phenoxy) is 2. The van der Waals surface area contributed by atoms with Crippen molar-refractivity contribution in [3.05, 3.63) is 0 Å². The molecule has 122 valence electrons. The zero-order valence-electron chi connectivity index (χ0n) is 13.9. The van der Waals surface area contributed by atoms with E-state index in [-0.39, 0.29) is 17.9 Å². The number of morpholine rings is 1. The van der Waals surface area contributed by atoms with E-state index in [4.69, 9.17) is 9.47 Å². The summed E-state index contributed by atoms with van der Waals surface area (Å²) in [7, 11) is 0. The summed E-state index contributed by atoms with van der Waals surface area (Å²) < 4.78 is 10.6. The normalized spacial score (nSPS) is 21.1. The van der Waals surface area contributed by atoms with Gasteiger partial charge in [0, 0.05) is 6.54 Å². The largest absolute Gasteiger partial charge is 0.444 e. The van der Waals surface area contributed by atoms with Gasteiger partial charge in [0.25, 0.3) is 0 Å². The number of carbonyl (C=O) groups excluding carboxylic acids is 2. The lowest BCUT2D eigenvalue weighted by atomic mass is 10.0. The van der Waals surface area contributed by atoms with Crippen LogP contribution in [0.2, 0.25) is 0 Å². The zero-order chi connectivity index (χ0) is 16.2. The summed E-state index contributed by atoms with van der Waals surface area (Å²) in [4.78, 5) is 26.3. The van der Waals surface area contributed by atoms with E-state index in [1.807, 2.05) is 20.8 Å². The molecule has 6 nitrogen and oxygen atoms in total. The Hall–Kier alpha value is -1.30. The Morgan fingerprint density at radius 3 is 2.43 bits per heavy atom. The summed E-state index contributed by atoms with van der Waals surface area (Å²) in [5, 5.41) is 2.70. The SMILES string of the molecule is CC(C)C(NC(=O)OC(C)(C)C)C(=O)N1CCOCC1C. The predicted octanol–water partition coefficient (Wildman–Crippen LogP) is 1.78. The molecule has 2 amide bonds. The van der Waals surface area contributed by atoms with Gasteiger partial charge >= 0.3 is 6.09 Å². The van der Waals surface area contributed by atoms with Gasteiger partial charge in [-0.05, 0) is 33.6 Å². The maximum absolute atomic E-state index is 12.7. The van der Waals surface area contributed by atoms with Gasteiger partial charge in [0.05, 0.1) is 19.3 Å². The van der Waals surface area contributed by atoms with Gasteiger partial charge < -0.3 is 19.7 Å². The fourth-order valence-corrected chi connectivity index (χ4v) is 2.18. The first-order chi connectivity index (χ1) is 9.61. The van der Waals surface area contributed by atoms with Crippen LogP contribution < -0.4 is 5.32 Å². The van der Waals surface area contributed by atoms with Crippen LogP contribution in [0.4, 0.5) is 4.79 Å². The molecule has 0 radical (unpaired) electrons. The lowest BCUT2D eigenvalue weighted by Crippen LogP contribution is -2.57. The van der Waals surface area contributed by atoms with Gasteiger partial charge in [0.2, 0.25) is 5.91 Å². The van der Waals surface area contributed by atoms with E-state index in [1.165, 1.54) is 0 Å². The van der Waals surface area contributed by atoms with E-state index in [9.17, 15) is 9.59 Å². The van der Waals surface area contributed by atoms with Gasteiger partial charge in [-0.25, -0.2) is 4.79 Å². The van der Waals surface area contributed by atoms with E-state index >= 15 is 0 Å². The third-order valence-electron chi connectivity index (χ3n) is 3.26. The van der Waals surface area contributed by atoms with Crippen LogP contribution in [0, 0.1) is 5.92 Å². The molecular formula is C15H28N2O4.